The van der Waals surface area contributed by atoms with Crippen molar-refractivity contribution in [1.29, 1.82) is 0 Å². The number of urea groups is 1. The first kappa shape index (κ1) is 16.9. The Hall–Kier alpha value is -1.93. The van der Waals surface area contributed by atoms with Crippen molar-refractivity contribution in [3.05, 3.63) is 35.0 Å². The third-order valence-electron chi connectivity index (χ3n) is 4.23. The molecule has 0 aliphatic carbocycles. The minimum absolute atomic E-state index is 0.102. The molecular formula is C16H24N6OS. The molecule has 2 amide bonds. The monoisotopic (exact) mass is 348 g/mol. The summed E-state index contributed by atoms with van der Waals surface area (Å²) in [5.74, 6) is 0. The van der Waals surface area contributed by atoms with Gasteiger partial charge in [-0.25, -0.2) is 9.78 Å². The van der Waals surface area contributed by atoms with Crippen molar-refractivity contribution in [1.82, 2.24) is 30.3 Å². The van der Waals surface area contributed by atoms with Crippen LogP contribution in [0.15, 0.2) is 30.2 Å². The van der Waals surface area contributed by atoms with Crippen LogP contribution in [0.2, 0.25) is 0 Å². The number of nitrogens with one attached hydrogen (secondary N) is 2. The van der Waals surface area contributed by atoms with Gasteiger partial charge in [0.1, 0.15) is 12.7 Å². The summed E-state index contributed by atoms with van der Waals surface area (Å²) in [4.78, 5) is 19.7. The summed E-state index contributed by atoms with van der Waals surface area (Å²) in [6, 6.07) is 4.42. The minimum Gasteiger partial charge on any atom is -0.338 e. The number of amides is 2. The maximum Gasteiger partial charge on any atom is 0.314 e. The summed E-state index contributed by atoms with van der Waals surface area (Å²) in [6.45, 7) is 4.26. The van der Waals surface area contributed by atoms with Crippen molar-refractivity contribution < 1.29 is 4.79 Å². The van der Waals surface area contributed by atoms with Crippen LogP contribution in [0.25, 0.3) is 0 Å². The van der Waals surface area contributed by atoms with Gasteiger partial charge in [0.2, 0.25) is 0 Å². The van der Waals surface area contributed by atoms with Gasteiger partial charge in [0, 0.05) is 24.5 Å². The molecule has 1 aliphatic heterocycles. The fourth-order valence-corrected chi connectivity index (χ4v) is 3.85. The Labute approximate surface area is 146 Å². The molecule has 24 heavy (non-hydrogen) atoms. The highest BCUT2D eigenvalue weighted by atomic mass is 32.1. The largest absolute Gasteiger partial charge is 0.338 e. The van der Waals surface area contributed by atoms with Gasteiger partial charge >= 0.3 is 6.03 Å². The Kier molecular flexibility index (Phi) is 6.20. The third kappa shape index (κ3) is 4.78. The molecule has 0 bridgehead atoms. The van der Waals surface area contributed by atoms with Gasteiger partial charge in [-0.3, -0.25) is 9.58 Å². The highest BCUT2D eigenvalue weighted by Crippen LogP contribution is 2.27. The van der Waals surface area contributed by atoms with E-state index in [1.54, 1.807) is 22.3 Å². The molecule has 1 saturated heterocycles. The summed E-state index contributed by atoms with van der Waals surface area (Å²) in [7, 11) is 0. The van der Waals surface area contributed by atoms with E-state index in [1.165, 1.54) is 24.0 Å². The fraction of sp³-hybridized carbons (Fsp3) is 0.562. The zero-order valence-electron chi connectivity index (χ0n) is 13.7. The molecule has 7 nitrogen and oxygen atoms in total. The zero-order valence-corrected chi connectivity index (χ0v) is 14.5. The number of aryl methyl sites for hydroxylation is 1. The van der Waals surface area contributed by atoms with Crippen molar-refractivity contribution in [2.45, 2.75) is 31.8 Å². The fourth-order valence-electron chi connectivity index (χ4n) is 2.99. The van der Waals surface area contributed by atoms with E-state index in [9.17, 15) is 4.79 Å². The Bertz CT molecular complexity index is 594. The summed E-state index contributed by atoms with van der Waals surface area (Å²) < 4.78 is 1.76. The Morgan fingerprint density at radius 2 is 2.21 bits per heavy atom. The lowest BCUT2D eigenvalue weighted by Gasteiger charge is -2.26. The number of likely N-dealkylation sites (tertiary alicyclic amines) is 1. The van der Waals surface area contributed by atoms with Crippen LogP contribution >= 0.6 is 11.3 Å². The molecular weight excluding hydrogens is 324 g/mol. The molecule has 1 aliphatic rings. The average Bonchev–Trinajstić information content (AvgIpc) is 3.34. The van der Waals surface area contributed by atoms with Crippen LogP contribution < -0.4 is 10.6 Å². The first-order valence-corrected chi connectivity index (χ1v) is 9.32. The Balaban J connectivity index is 1.39. The van der Waals surface area contributed by atoms with Crippen LogP contribution in [-0.4, -0.2) is 51.9 Å². The summed E-state index contributed by atoms with van der Waals surface area (Å²) >= 11 is 1.76. The average molecular weight is 348 g/mol. The number of rotatable bonds is 8. The highest BCUT2D eigenvalue weighted by molar-refractivity contribution is 7.10. The number of aromatic nitrogens is 3. The number of carbonyl (C=O) groups is 1. The van der Waals surface area contributed by atoms with Crippen LogP contribution in [0.5, 0.6) is 0 Å². The predicted molar refractivity (Wildman–Crippen MR) is 93.9 cm³/mol. The molecule has 1 fully saturated rings. The normalized spacial score (nSPS) is 16.2. The minimum atomic E-state index is -0.102. The zero-order chi connectivity index (χ0) is 16.6. The molecule has 0 spiro atoms. The molecule has 0 unspecified atom stereocenters. The second-order valence-corrected chi connectivity index (χ2v) is 6.90. The highest BCUT2D eigenvalue weighted by Gasteiger charge is 2.24. The standard InChI is InChI=1S/C16H24N6OS/c23-16(18-6-4-9-22-13-17-12-20-22)19-11-14(15-5-3-10-24-15)21-7-1-2-8-21/h3,5,10,12-14H,1-2,4,6-9,11H2,(H2,18,19,23)/t14-/m0/s1. The summed E-state index contributed by atoms with van der Waals surface area (Å²) in [5.41, 5.74) is 0. The van der Waals surface area contributed by atoms with E-state index in [1.807, 2.05) is 0 Å². The molecule has 0 radical (unpaired) electrons. The molecule has 8 heteroatoms. The number of thiophene rings is 1. The van der Waals surface area contributed by atoms with Crippen molar-refractivity contribution in [2.24, 2.45) is 0 Å². The topological polar surface area (TPSA) is 75.1 Å². The third-order valence-corrected chi connectivity index (χ3v) is 5.20. The summed E-state index contributed by atoms with van der Waals surface area (Å²) in [5, 5.41) is 12.1. The van der Waals surface area contributed by atoms with Crippen LogP contribution in [0.4, 0.5) is 4.79 Å². The lowest BCUT2D eigenvalue weighted by atomic mass is 10.2. The molecule has 0 saturated carbocycles. The van der Waals surface area contributed by atoms with Gasteiger partial charge in [-0.1, -0.05) is 6.07 Å². The maximum atomic E-state index is 12.0. The van der Waals surface area contributed by atoms with E-state index in [0.29, 0.717) is 13.1 Å². The molecule has 2 aromatic heterocycles. The quantitative estimate of drug-likeness (QED) is 0.714. The van der Waals surface area contributed by atoms with Crippen LogP contribution in [0, 0.1) is 0 Å². The van der Waals surface area contributed by atoms with Crippen molar-refractivity contribution in [3.63, 3.8) is 0 Å². The molecule has 2 N–H and O–H groups in total. The van der Waals surface area contributed by atoms with E-state index < -0.39 is 0 Å². The van der Waals surface area contributed by atoms with Gasteiger partial charge in [0.25, 0.3) is 0 Å². The number of hydrogen-bond donors (Lipinski definition) is 2. The molecule has 3 rings (SSSR count). The first-order valence-electron chi connectivity index (χ1n) is 8.44. The van der Waals surface area contributed by atoms with Crippen LogP contribution in [0.3, 0.4) is 0 Å². The van der Waals surface area contributed by atoms with Gasteiger partial charge in [0.05, 0.1) is 6.04 Å². The summed E-state index contributed by atoms with van der Waals surface area (Å²) in [6.07, 6.45) is 6.52. The predicted octanol–water partition coefficient (Wildman–Crippen LogP) is 1.87. The first-order chi connectivity index (χ1) is 11.8. The van der Waals surface area contributed by atoms with Gasteiger partial charge in [-0.05, 0) is 43.8 Å². The molecule has 1 atom stereocenters. The number of hydrogen-bond acceptors (Lipinski definition) is 5. The molecule has 3 heterocycles. The van der Waals surface area contributed by atoms with Gasteiger partial charge in [0.15, 0.2) is 0 Å². The molecule has 0 aromatic carbocycles. The van der Waals surface area contributed by atoms with E-state index in [-0.39, 0.29) is 12.1 Å². The van der Waals surface area contributed by atoms with Crippen LogP contribution in [-0.2, 0) is 6.54 Å². The Morgan fingerprint density at radius 1 is 1.33 bits per heavy atom. The lowest BCUT2D eigenvalue weighted by molar-refractivity contribution is 0.222. The van der Waals surface area contributed by atoms with E-state index >= 15 is 0 Å². The van der Waals surface area contributed by atoms with Crippen LogP contribution in [0.1, 0.15) is 30.2 Å². The lowest BCUT2D eigenvalue weighted by Crippen LogP contribution is -2.41. The van der Waals surface area contributed by atoms with Gasteiger partial charge in [-0.15, -0.1) is 11.3 Å². The second kappa shape index (κ2) is 8.79. The maximum absolute atomic E-state index is 12.0. The second-order valence-electron chi connectivity index (χ2n) is 5.92. The van der Waals surface area contributed by atoms with Crippen molar-refractivity contribution >= 4 is 17.4 Å². The molecule has 130 valence electrons. The number of carbonyl (C=O) groups excluding carboxylic acids is 1. The molecule has 2 aromatic rings. The van der Waals surface area contributed by atoms with E-state index in [0.717, 1.165) is 26.1 Å². The van der Waals surface area contributed by atoms with Crippen molar-refractivity contribution in [2.75, 3.05) is 26.2 Å². The Morgan fingerprint density at radius 3 is 2.92 bits per heavy atom. The smallest absolute Gasteiger partial charge is 0.314 e. The van der Waals surface area contributed by atoms with Gasteiger partial charge in [-0.2, -0.15) is 5.10 Å². The van der Waals surface area contributed by atoms with Crippen molar-refractivity contribution in [3.8, 4) is 0 Å². The number of nitrogens with zero attached hydrogens (tertiary/aromatic N) is 4. The van der Waals surface area contributed by atoms with Gasteiger partial charge < -0.3 is 10.6 Å². The van der Waals surface area contributed by atoms with E-state index in [4.69, 9.17) is 0 Å². The van der Waals surface area contributed by atoms with E-state index in [2.05, 4.69) is 43.1 Å². The SMILES string of the molecule is O=C(NCCCn1cncn1)NC[C@@H](c1cccs1)N1CCCC1.